The van der Waals surface area contributed by atoms with Gasteiger partial charge in [-0.15, -0.1) is 11.3 Å². The summed E-state index contributed by atoms with van der Waals surface area (Å²) < 4.78 is 6.90. The summed E-state index contributed by atoms with van der Waals surface area (Å²) in [5.74, 6) is 1.28. The number of anilines is 1. The van der Waals surface area contributed by atoms with E-state index in [4.69, 9.17) is 10.5 Å². The molecular formula is C13H14N2OS2. The lowest BCUT2D eigenvalue weighted by Gasteiger charge is -2.08. The maximum Gasteiger partial charge on any atom is 0.238 e. The van der Waals surface area contributed by atoms with Crippen LogP contribution in [0.1, 0.15) is 12.8 Å². The van der Waals surface area contributed by atoms with E-state index in [0.29, 0.717) is 17.5 Å². The number of nitrogen functional groups attached to an aromatic ring is 1. The standard InChI is InChI=1S/C13H14N2OS2/c14-10-5-6-11(18-12-2-1-7-17-12)15-13(10)16-8-9-3-4-9/h1-2,5-7,9H,3-4,8,14H2. The van der Waals surface area contributed by atoms with Crippen LogP contribution in [0, 0.1) is 5.92 Å². The number of ether oxygens (including phenoxy) is 1. The fourth-order valence-electron chi connectivity index (χ4n) is 1.51. The molecule has 18 heavy (non-hydrogen) atoms. The average molecular weight is 278 g/mol. The first-order valence-corrected chi connectivity index (χ1v) is 7.61. The summed E-state index contributed by atoms with van der Waals surface area (Å²) in [5, 5.41) is 2.99. The van der Waals surface area contributed by atoms with Crippen LogP contribution in [0.5, 0.6) is 5.88 Å². The van der Waals surface area contributed by atoms with E-state index in [0.717, 1.165) is 11.6 Å². The molecule has 0 spiro atoms. The Balaban J connectivity index is 1.72. The molecule has 0 unspecified atom stereocenters. The van der Waals surface area contributed by atoms with Gasteiger partial charge >= 0.3 is 0 Å². The van der Waals surface area contributed by atoms with E-state index in [2.05, 4.69) is 16.4 Å². The molecule has 1 aliphatic rings. The summed E-state index contributed by atoms with van der Waals surface area (Å²) in [6.07, 6.45) is 2.53. The SMILES string of the molecule is Nc1ccc(Sc2cccs2)nc1OCC1CC1. The molecule has 0 radical (unpaired) electrons. The van der Waals surface area contributed by atoms with E-state index in [1.807, 2.05) is 18.2 Å². The van der Waals surface area contributed by atoms with E-state index in [1.54, 1.807) is 23.1 Å². The smallest absolute Gasteiger partial charge is 0.238 e. The molecule has 0 bridgehead atoms. The van der Waals surface area contributed by atoms with Crippen molar-refractivity contribution in [1.82, 2.24) is 4.98 Å². The van der Waals surface area contributed by atoms with Crippen LogP contribution in [0.15, 0.2) is 38.9 Å². The van der Waals surface area contributed by atoms with E-state index in [-0.39, 0.29) is 0 Å². The predicted molar refractivity (Wildman–Crippen MR) is 75.3 cm³/mol. The maximum atomic E-state index is 5.88. The normalized spacial score (nSPS) is 14.7. The number of nitrogens with two attached hydrogens (primary N) is 1. The fourth-order valence-corrected chi connectivity index (χ4v) is 3.19. The van der Waals surface area contributed by atoms with E-state index in [1.165, 1.54) is 17.1 Å². The van der Waals surface area contributed by atoms with E-state index in [9.17, 15) is 0 Å². The van der Waals surface area contributed by atoms with Crippen molar-refractivity contribution in [3.8, 4) is 5.88 Å². The van der Waals surface area contributed by atoms with Crippen LogP contribution in [0.2, 0.25) is 0 Å². The van der Waals surface area contributed by atoms with Crippen molar-refractivity contribution in [2.75, 3.05) is 12.3 Å². The molecule has 2 aromatic rings. The van der Waals surface area contributed by atoms with Crippen LogP contribution >= 0.6 is 23.1 Å². The molecule has 0 aromatic carbocycles. The zero-order valence-corrected chi connectivity index (χ0v) is 11.5. The monoisotopic (exact) mass is 278 g/mol. The molecule has 3 nitrogen and oxygen atoms in total. The van der Waals surface area contributed by atoms with Crippen molar-refractivity contribution in [3.63, 3.8) is 0 Å². The molecule has 5 heteroatoms. The molecule has 1 aliphatic carbocycles. The lowest BCUT2D eigenvalue weighted by molar-refractivity contribution is 0.288. The maximum absolute atomic E-state index is 5.88. The Labute approximate surface area is 114 Å². The Hall–Kier alpha value is -1.20. The number of nitrogens with zero attached hydrogens (tertiary/aromatic N) is 1. The highest BCUT2D eigenvalue weighted by Gasteiger charge is 2.22. The van der Waals surface area contributed by atoms with Gasteiger partial charge in [0.05, 0.1) is 16.5 Å². The van der Waals surface area contributed by atoms with Gasteiger partial charge in [-0.2, -0.15) is 0 Å². The molecule has 0 atom stereocenters. The molecule has 2 heterocycles. The minimum Gasteiger partial charge on any atom is -0.476 e. The molecular weight excluding hydrogens is 264 g/mol. The Morgan fingerprint density at radius 2 is 2.28 bits per heavy atom. The first-order valence-electron chi connectivity index (χ1n) is 5.92. The van der Waals surface area contributed by atoms with Gasteiger partial charge in [-0.05, 0) is 42.3 Å². The molecule has 3 rings (SSSR count). The van der Waals surface area contributed by atoms with Crippen molar-refractivity contribution in [3.05, 3.63) is 29.6 Å². The van der Waals surface area contributed by atoms with Gasteiger partial charge in [0.25, 0.3) is 0 Å². The summed E-state index contributed by atoms with van der Waals surface area (Å²) in [6.45, 7) is 0.740. The van der Waals surface area contributed by atoms with Crippen LogP contribution in [0.3, 0.4) is 0 Å². The van der Waals surface area contributed by atoms with Crippen LogP contribution in [0.4, 0.5) is 5.69 Å². The number of hydrogen-bond donors (Lipinski definition) is 1. The van der Waals surface area contributed by atoms with Gasteiger partial charge in [0.1, 0.15) is 5.03 Å². The second-order valence-electron chi connectivity index (χ2n) is 4.33. The molecule has 1 fully saturated rings. The summed E-state index contributed by atoms with van der Waals surface area (Å²) in [4.78, 5) is 4.47. The number of thiophene rings is 1. The van der Waals surface area contributed by atoms with E-state index < -0.39 is 0 Å². The Kier molecular flexibility index (Phi) is 3.43. The third-order valence-electron chi connectivity index (χ3n) is 2.72. The zero-order chi connectivity index (χ0) is 12.4. The highest BCUT2D eigenvalue weighted by atomic mass is 32.2. The minimum absolute atomic E-state index is 0.573. The third-order valence-corrected chi connectivity index (χ3v) is 4.69. The van der Waals surface area contributed by atoms with Crippen molar-refractivity contribution < 1.29 is 4.74 Å². The fraction of sp³-hybridized carbons (Fsp3) is 0.308. The third kappa shape index (κ3) is 2.97. The van der Waals surface area contributed by atoms with Crippen LogP contribution in [-0.4, -0.2) is 11.6 Å². The van der Waals surface area contributed by atoms with E-state index >= 15 is 0 Å². The lowest BCUT2D eigenvalue weighted by atomic mass is 10.4. The number of rotatable bonds is 5. The summed E-state index contributed by atoms with van der Waals surface area (Å²) in [6, 6.07) is 7.92. The van der Waals surface area contributed by atoms with Crippen LogP contribution in [-0.2, 0) is 0 Å². The van der Waals surface area contributed by atoms with Gasteiger partial charge < -0.3 is 10.5 Å². The molecule has 0 aliphatic heterocycles. The average Bonchev–Trinajstić information content (AvgIpc) is 3.07. The molecule has 2 aromatic heterocycles. The summed E-state index contributed by atoms with van der Waals surface area (Å²) >= 11 is 3.35. The van der Waals surface area contributed by atoms with Gasteiger partial charge in [-0.1, -0.05) is 17.8 Å². The highest BCUT2D eigenvalue weighted by Crippen LogP contribution is 2.34. The summed E-state index contributed by atoms with van der Waals surface area (Å²) in [7, 11) is 0. The number of hydrogen-bond acceptors (Lipinski definition) is 5. The van der Waals surface area contributed by atoms with Crippen molar-refractivity contribution in [2.45, 2.75) is 22.1 Å². The van der Waals surface area contributed by atoms with Crippen molar-refractivity contribution in [1.29, 1.82) is 0 Å². The lowest BCUT2D eigenvalue weighted by Crippen LogP contribution is -2.04. The Bertz CT molecular complexity index is 524. The zero-order valence-electron chi connectivity index (χ0n) is 9.83. The topological polar surface area (TPSA) is 48.1 Å². The van der Waals surface area contributed by atoms with Crippen molar-refractivity contribution >= 4 is 28.8 Å². The molecule has 2 N–H and O–H groups in total. The predicted octanol–water partition coefficient (Wildman–Crippen LogP) is 3.67. The second-order valence-corrected chi connectivity index (χ2v) is 6.60. The van der Waals surface area contributed by atoms with Gasteiger partial charge in [0.2, 0.25) is 5.88 Å². The minimum atomic E-state index is 0.573. The second kappa shape index (κ2) is 5.20. The molecule has 0 saturated heterocycles. The number of aromatic nitrogens is 1. The molecule has 0 amide bonds. The first kappa shape index (κ1) is 11.9. The molecule has 1 saturated carbocycles. The summed E-state index contributed by atoms with van der Waals surface area (Å²) in [5.41, 5.74) is 6.49. The molecule has 94 valence electrons. The van der Waals surface area contributed by atoms with Gasteiger partial charge in [-0.3, -0.25) is 0 Å². The largest absolute Gasteiger partial charge is 0.476 e. The Morgan fingerprint density at radius 1 is 1.39 bits per heavy atom. The first-order chi connectivity index (χ1) is 8.81. The highest BCUT2D eigenvalue weighted by molar-refractivity contribution is 8.01. The van der Waals surface area contributed by atoms with Crippen LogP contribution < -0.4 is 10.5 Å². The van der Waals surface area contributed by atoms with Crippen molar-refractivity contribution in [2.24, 2.45) is 5.92 Å². The Morgan fingerprint density at radius 3 is 3.00 bits per heavy atom. The van der Waals surface area contributed by atoms with Crippen LogP contribution in [0.25, 0.3) is 0 Å². The number of pyridine rings is 1. The van der Waals surface area contributed by atoms with Gasteiger partial charge in [0.15, 0.2) is 0 Å². The van der Waals surface area contributed by atoms with Gasteiger partial charge in [0, 0.05) is 0 Å². The quantitative estimate of drug-likeness (QED) is 0.906. The van der Waals surface area contributed by atoms with Gasteiger partial charge in [-0.25, -0.2) is 4.98 Å².